The molecular formula is C14H26O8. The Bertz CT molecular complexity index is 282. The van der Waals surface area contributed by atoms with Crippen LogP contribution in [0.4, 0.5) is 0 Å². The number of hydrogen-bond acceptors (Lipinski definition) is 7. The molecule has 0 aromatic carbocycles. The van der Waals surface area contributed by atoms with E-state index in [-0.39, 0.29) is 26.1 Å². The summed E-state index contributed by atoms with van der Waals surface area (Å²) < 4.78 is 25.6. The topological polar surface area (TPSA) is 101 Å². The molecule has 0 aromatic rings. The van der Waals surface area contributed by atoms with Crippen molar-refractivity contribution in [3.8, 4) is 0 Å². The number of carbonyl (C=O) groups excluding carboxylic acids is 1. The van der Waals surface area contributed by atoms with Gasteiger partial charge in [-0.1, -0.05) is 0 Å². The van der Waals surface area contributed by atoms with Crippen molar-refractivity contribution in [1.29, 1.82) is 0 Å². The minimum absolute atomic E-state index is 0.110. The van der Waals surface area contributed by atoms with Gasteiger partial charge in [0.05, 0.1) is 59.1 Å². The van der Waals surface area contributed by atoms with E-state index in [4.69, 9.17) is 28.8 Å². The second-order valence-corrected chi connectivity index (χ2v) is 4.15. The van der Waals surface area contributed by atoms with Gasteiger partial charge in [-0.3, -0.25) is 9.59 Å². The quantitative estimate of drug-likeness (QED) is 0.323. The third-order valence-corrected chi connectivity index (χ3v) is 2.35. The minimum Gasteiger partial charge on any atom is -0.481 e. The van der Waals surface area contributed by atoms with E-state index >= 15 is 0 Å². The average Bonchev–Trinajstić information content (AvgIpc) is 2.49. The first-order valence-electron chi connectivity index (χ1n) is 7.35. The highest BCUT2D eigenvalue weighted by atomic mass is 16.6. The van der Waals surface area contributed by atoms with Gasteiger partial charge in [-0.25, -0.2) is 0 Å². The maximum Gasteiger partial charge on any atom is 0.306 e. The van der Waals surface area contributed by atoms with Crippen molar-refractivity contribution in [2.75, 3.05) is 59.5 Å². The molecule has 1 N–H and O–H groups in total. The van der Waals surface area contributed by atoms with Gasteiger partial charge >= 0.3 is 11.9 Å². The van der Waals surface area contributed by atoms with Gasteiger partial charge < -0.3 is 28.8 Å². The Hall–Kier alpha value is -1.22. The smallest absolute Gasteiger partial charge is 0.306 e. The number of esters is 1. The maximum atomic E-state index is 11.1. The summed E-state index contributed by atoms with van der Waals surface area (Å²) in [6.45, 7) is 5.95. The number of rotatable bonds is 16. The van der Waals surface area contributed by atoms with Gasteiger partial charge in [-0.2, -0.15) is 0 Å². The van der Waals surface area contributed by atoms with E-state index in [2.05, 4.69) is 0 Å². The van der Waals surface area contributed by atoms with Gasteiger partial charge in [-0.15, -0.1) is 0 Å². The van der Waals surface area contributed by atoms with Crippen LogP contribution in [0.2, 0.25) is 0 Å². The molecular weight excluding hydrogens is 296 g/mol. The molecule has 22 heavy (non-hydrogen) atoms. The van der Waals surface area contributed by atoms with Gasteiger partial charge in [-0.05, 0) is 6.92 Å². The molecule has 0 saturated carbocycles. The number of carboxylic acid groups (broad SMARTS) is 1. The molecule has 0 rings (SSSR count). The number of carboxylic acids is 1. The highest BCUT2D eigenvalue weighted by Crippen LogP contribution is 1.93. The van der Waals surface area contributed by atoms with Crippen LogP contribution in [-0.4, -0.2) is 76.5 Å². The van der Waals surface area contributed by atoms with Crippen LogP contribution >= 0.6 is 0 Å². The van der Waals surface area contributed by atoms with Crippen molar-refractivity contribution in [2.45, 2.75) is 19.8 Å². The number of ether oxygens (including phenoxy) is 5. The predicted octanol–water partition coefficient (Wildman–Crippen LogP) is 0.481. The molecule has 0 fully saturated rings. The molecule has 0 amide bonds. The van der Waals surface area contributed by atoms with E-state index in [0.29, 0.717) is 46.2 Å². The third kappa shape index (κ3) is 16.8. The molecule has 8 nitrogen and oxygen atoms in total. The Morgan fingerprint density at radius 3 is 1.64 bits per heavy atom. The van der Waals surface area contributed by atoms with E-state index in [1.165, 1.54) is 0 Å². The lowest BCUT2D eigenvalue weighted by Gasteiger charge is -2.07. The molecule has 0 atom stereocenters. The standard InChI is InChI=1S/C14H26O8/c1-2-18-5-6-19-7-8-20-9-10-21-11-12-22-14(17)4-3-13(15)16/h2-12H2,1H3,(H,15,16). The van der Waals surface area contributed by atoms with Gasteiger partial charge in [0.15, 0.2) is 0 Å². The molecule has 0 aliphatic heterocycles. The number of hydrogen-bond donors (Lipinski definition) is 1. The molecule has 0 spiro atoms. The SMILES string of the molecule is CCOCCOCCOCCOCCOC(=O)CCC(=O)O. The van der Waals surface area contributed by atoms with Crippen LogP contribution in [0.3, 0.4) is 0 Å². The summed E-state index contributed by atoms with van der Waals surface area (Å²) in [5.74, 6) is -1.56. The van der Waals surface area contributed by atoms with E-state index < -0.39 is 11.9 Å². The molecule has 0 unspecified atom stereocenters. The summed E-state index contributed by atoms with van der Waals surface area (Å²) >= 11 is 0. The van der Waals surface area contributed by atoms with Crippen LogP contribution in [0.25, 0.3) is 0 Å². The summed E-state index contributed by atoms with van der Waals surface area (Å²) in [6.07, 6.45) is -0.345. The van der Waals surface area contributed by atoms with Crippen molar-refractivity contribution in [3.63, 3.8) is 0 Å². The summed E-state index contributed by atoms with van der Waals surface area (Å²) in [7, 11) is 0. The predicted molar refractivity (Wildman–Crippen MR) is 76.8 cm³/mol. The Kier molecular flexibility index (Phi) is 15.3. The zero-order valence-corrected chi connectivity index (χ0v) is 13.1. The van der Waals surface area contributed by atoms with E-state index in [1.54, 1.807) is 0 Å². The number of carbonyl (C=O) groups is 2. The highest BCUT2D eigenvalue weighted by molar-refractivity contribution is 5.76. The normalized spacial score (nSPS) is 10.6. The lowest BCUT2D eigenvalue weighted by Crippen LogP contribution is -2.15. The Labute approximate surface area is 130 Å². The molecule has 0 radical (unpaired) electrons. The molecule has 0 heterocycles. The first kappa shape index (κ1) is 20.8. The fourth-order valence-corrected chi connectivity index (χ4v) is 1.30. The summed E-state index contributed by atoms with van der Waals surface area (Å²) in [4.78, 5) is 21.3. The fourth-order valence-electron chi connectivity index (χ4n) is 1.30. The van der Waals surface area contributed by atoms with Crippen LogP contribution in [0, 0.1) is 0 Å². The second-order valence-electron chi connectivity index (χ2n) is 4.15. The zero-order chi connectivity index (χ0) is 16.5. The average molecular weight is 322 g/mol. The molecule has 8 heteroatoms. The van der Waals surface area contributed by atoms with Crippen molar-refractivity contribution < 1.29 is 38.4 Å². The van der Waals surface area contributed by atoms with Crippen LogP contribution in [0.1, 0.15) is 19.8 Å². The molecule has 0 bridgehead atoms. The summed E-state index contributed by atoms with van der Waals surface area (Å²) in [6, 6.07) is 0. The Balaban J connectivity index is 3.11. The Morgan fingerprint density at radius 2 is 1.18 bits per heavy atom. The van der Waals surface area contributed by atoms with Gasteiger partial charge in [0.1, 0.15) is 6.61 Å². The van der Waals surface area contributed by atoms with Crippen molar-refractivity contribution in [1.82, 2.24) is 0 Å². The molecule has 0 saturated heterocycles. The van der Waals surface area contributed by atoms with Gasteiger partial charge in [0, 0.05) is 6.61 Å². The second kappa shape index (κ2) is 16.2. The summed E-state index contributed by atoms with van der Waals surface area (Å²) in [5.41, 5.74) is 0. The van der Waals surface area contributed by atoms with E-state index in [1.807, 2.05) is 6.92 Å². The van der Waals surface area contributed by atoms with Crippen LogP contribution in [0.15, 0.2) is 0 Å². The maximum absolute atomic E-state index is 11.1. The summed E-state index contributed by atoms with van der Waals surface area (Å²) in [5, 5.41) is 8.39. The van der Waals surface area contributed by atoms with Crippen molar-refractivity contribution in [3.05, 3.63) is 0 Å². The molecule has 0 aliphatic carbocycles. The zero-order valence-electron chi connectivity index (χ0n) is 13.1. The largest absolute Gasteiger partial charge is 0.481 e. The highest BCUT2D eigenvalue weighted by Gasteiger charge is 2.05. The third-order valence-electron chi connectivity index (χ3n) is 2.35. The first-order chi connectivity index (χ1) is 10.7. The first-order valence-corrected chi connectivity index (χ1v) is 7.35. The molecule has 0 aromatic heterocycles. The monoisotopic (exact) mass is 322 g/mol. The van der Waals surface area contributed by atoms with Gasteiger partial charge in [0.2, 0.25) is 0 Å². The lowest BCUT2D eigenvalue weighted by atomic mass is 10.3. The lowest BCUT2D eigenvalue weighted by molar-refractivity contribution is -0.149. The minimum atomic E-state index is -1.02. The Morgan fingerprint density at radius 1 is 0.727 bits per heavy atom. The van der Waals surface area contributed by atoms with E-state index in [0.717, 1.165) is 0 Å². The van der Waals surface area contributed by atoms with Crippen molar-refractivity contribution in [2.24, 2.45) is 0 Å². The number of aliphatic carboxylic acids is 1. The van der Waals surface area contributed by atoms with Crippen molar-refractivity contribution >= 4 is 11.9 Å². The van der Waals surface area contributed by atoms with E-state index in [9.17, 15) is 9.59 Å². The molecule has 0 aliphatic rings. The molecule has 130 valence electrons. The van der Waals surface area contributed by atoms with Gasteiger partial charge in [0.25, 0.3) is 0 Å². The van der Waals surface area contributed by atoms with Crippen LogP contribution in [-0.2, 0) is 33.3 Å². The van der Waals surface area contributed by atoms with Crippen LogP contribution in [0.5, 0.6) is 0 Å². The van der Waals surface area contributed by atoms with Crippen LogP contribution < -0.4 is 0 Å². The fraction of sp³-hybridized carbons (Fsp3) is 0.857.